The van der Waals surface area contributed by atoms with Crippen LogP contribution in [-0.2, 0) is 19.6 Å². The molecular formula is C19H25FN2O5S. The fourth-order valence-electron chi connectivity index (χ4n) is 3.83. The summed E-state index contributed by atoms with van der Waals surface area (Å²) in [6.45, 7) is 2.57. The van der Waals surface area contributed by atoms with Gasteiger partial charge in [-0.1, -0.05) is 12.8 Å². The molecule has 1 aliphatic carbocycles. The van der Waals surface area contributed by atoms with E-state index >= 15 is 0 Å². The van der Waals surface area contributed by atoms with Gasteiger partial charge in [-0.25, -0.2) is 17.6 Å². The van der Waals surface area contributed by atoms with Crippen LogP contribution in [0.5, 0.6) is 0 Å². The van der Waals surface area contributed by atoms with Crippen molar-refractivity contribution in [1.29, 1.82) is 0 Å². The number of hydrogen-bond donors (Lipinski definition) is 1. The molecule has 0 bridgehead atoms. The van der Waals surface area contributed by atoms with Crippen LogP contribution in [-0.4, -0.2) is 49.8 Å². The number of amides is 1. The number of ether oxygens (including phenoxy) is 1. The molecule has 1 N–H and O–H groups in total. The summed E-state index contributed by atoms with van der Waals surface area (Å²) in [6, 6.07) is 3.25. The van der Waals surface area contributed by atoms with E-state index in [9.17, 15) is 22.4 Å². The Hall–Kier alpha value is -2.00. The normalized spacial score (nSPS) is 19.5. The van der Waals surface area contributed by atoms with Gasteiger partial charge in [0, 0.05) is 18.7 Å². The quantitative estimate of drug-likeness (QED) is 0.723. The summed E-state index contributed by atoms with van der Waals surface area (Å²) in [5, 5.41) is 2.72. The lowest BCUT2D eigenvalue weighted by molar-refractivity contribution is -0.150. The number of hydrogen-bond acceptors (Lipinski definition) is 5. The van der Waals surface area contributed by atoms with E-state index in [2.05, 4.69) is 5.32 Å². The van der Waals surface area contributed by atoms with Gasteiger partial charge in [-0.05, 0) is 50.8 Å². The van der Waals surface area contributed by atoms with E-state index in [0.29, 0.717) is 25.9 Å². The van der Waals surface area contributed by atoms with Gasteiger partial charge < -0.3 is 10.1 Å². The summed E-state index contributed by atoms with van der Waals surface area (Å²) >= 11 is 0. The second-order valence-electron chi connectivity index (χ2n) is 7.22. The lowest BCUT2D eigenvalue weighted by atomic mass is 9.97. The van der Waals surface area contributed by atoms with Crippen LogP contribution in [0.4, 0.5) is 4.39 Å². The number of nitrogens with zero attached hydrogens (tertiary/aromatic N) is 1. The Kier molecular flexibility index (Phi) is 6.04. The lowest BCUT2D eigenvalue weighted by Crippen LogP contribution is -2.53. The van der Waals surface area contributed by atoms with E-state index in [1.54, 1.807) is 6.92 Å². The number of carbonyl (C=O) groups excluding carboxylic acids is 2. The Labute approximate surface area is 164 Å². The molecule has 2 fully saturated rings. The van der Waals surface area contributed by atoms with Crippen LogP contribution >= 0.6 is 0 Å². The Morgan fingerprint density at radius 3 is 2.43 bits per heavy atom. The summed E-state index contributed by atoms with van der Waals surface area (Å²) in [4.78, 5) is 24.7. The molecule has 154 valence electrons. The van der Waals surface area contributed by atoms with Gasteiger partial charge in [0.2, 0.25) is 10.0 Å². The second-order valence-corrected chi connectivity index (χ2v) is 9.13. The molecule has 28 heavy (non-hydrogen) atoms. The minimum atomic E-state index is -4.01. The van der Waals surface area contributed by atoms with Crippen LogP contribution in [0.2, 0.25) is 0 Å². The first-order chi connectivity index (χ1) is 13.3. The Morgan fingerprint density at radius 1 is 1.18 bits per heavy atom. The first-order valence-electron chi connectivity index (χ1n) is 9.59. The van der Waals surface area contributed by atoms with E-state index in [1.807, 2.05) is 0 Å². The minimum Gasteiger partial charge on any atom is -0.464 e. The zero-order valence-electron chi connectivity index (χ0n) is 15.9. The zero-order valence-corrected chi connectivity index (χ0v) is 16.7. The molecule has 0 spiro atoms. The Bertz CT molecular complexity index is 859. The van der Waals surface area contributed by atoms with Crippen LogP contribution in [0.1, 0.15) is 55.8 Å². The highest BCUT2D eigenvalue weighted by Gasteiger charge is 2.44. The molecule has 3 rings (SSSR count). The molecule has 1 amide bonds. The third-order valence-electron chi connectivity index (χ3n) is 5.35. The van der Waals surface area contributed by atoms with E-state index in [-0.39, 0.29) is 12.2 Å². The highest BCUT2D eigenvalue weighted by atomic mass is 32.2. The average Bonchev–Trinajstić information content (AvgIpc) is 3.35. The number of carbonyl (C=O) groups is 2. The summed E-state index contributed by atoms with van der Waals surface area (Å²) < 4.78 is 46.0. The van der Waals surface area contributed by atoms with Gasteiger partial charge in [0.05, 0.1) is 6.61 Å². The number of nitrogens with one attached hydrogen (secondary N) is 1. The molecule has 9 heteroatoms. The molecule has 1 saturated carbocycles. The van der Waals surface area contributed by atoms with Gasteiger partial charge in [-0.15, -0.1) is 0 Å². The van der Waals surface area contributed by atoms with E-state index in [4.69, 9.17) is 4.74 Å². The first-order valence-corrected chi connectivity index (χ1v) is 11.0. The number of sulfonamides is 1. The maximum atomic E-state index is 14.3. The number of halogens is 1. The molecule has 1 heterocycles. The third-order valence-corrected chi connectivity index (χ3v) is 7.27. The van der Waals surface area contributed by atoms with Crippen molar-refractivity contribution in [3.63, 3.8) is 0 Å². The molecule has 1 aliphatic heterocycles. The van der Waals surface area contributed by atoms with Crippen molar-refractivity contribution in [3.8, 4) is 0 Å². The van der Waals surface area contributed by atoms with Gasteiger partial charge >= 0.3 is 5.97 Å². The molecular weight excluding hydrogens is 387 g/mol. The fraction of sp³-hybridized carbons (Fsp3) is 0.579. The monoisotopic (exact) mass is 412 g/mol. The molecule has 0 aromatic heterocycles. The van der Waals surface area contributed by atoms with Gasteiger partial charge in [-0.3, -0.25) is 4.79 Å². The van der Waals surface area contributed by atoms with Crippen molar-refractivity contribution in [1.82, 2.24) is 9.62 Å². The summed E-state index contributed by atoms with van der Waals surface area (Å²) in [6.07, 6.45) is 3.91. The summed E-state index contributed by atoms with van der Waals surface area (Å²) in [7, 11) is -4.01. The maximum absolute atomic E-state index is 14.3. The SMILES string of the molecule is CCOC(=O)C1(NC(=O)c2ccc(F)c(S(=O)(=O)N3CCCC3)c2)CCCC1. The van der Waals surface area contributed by atoms with Crippen LogP contribution < -0.4 is 5.32 Å². The molecule has 0 atom stereocenters. The van der Waals surface area contributed by atoms with Crippen LogP contribution in [0.25, 0.3) is 0 Å². The molecule has 1 aromatic rings. The van der Waals surface area contributed by atoms with Crippen molar-refractivity contribution in [2.75, 3.05) is 19.7 Å². The van der Waals surface area contributed by atoms with E-state index < -0.39 is 38.2 Å². The van der Waals surface area contributed by atoms with Crippen LogP contribution in [0, 0.1) is 5.82 Å². The van der Waals surface area contributed by atoms with Gasteiger partial charge in [0.15, 0.2) is 0 Å². The smallest absolute Gasteiger partial charge is 0.331 e. The van der Waals surface area contributed by atoms with Gasteiger partial charge in [0.1, 0.15) is 16.3 Å². The predicted molar refractivity (Wildman–Crippen MR) is 99.7 cm³/mol. The van der Waals surface area contributed by atoms with Crippen molar-refractivity contribution in [3.05, 3.63) is 29.6 Å². The fourth-order valence-corrected chi connectivity index (χ4v) is 5.43. The highest BCUT2D eigenvalue weighted by Crippen LogP contribution is 2.32. The first kappa shape index (κ1) is 20.7. The standard InChI is InChI=1S/C19H25FN2O5S/c1-2-27-18(24)19(9-3-4-10-19)21-17(23)14-7-8-15(20)16(13-14)28(25,26)22-11-5-6-12-22/h7-8,13H,2-6,9-12H2,1H3,(H,21,23). The number of esters is 1. The largest absolute Gasteiger partial charge is 0.464 e. The van der Waals surface area contributed by atoms with E-state index in [0.717, 1.165) is 37.8 Å². The molecule has 2 aliphatic rings. The maximum Gasteiger partial charge on any atom is 0.331 e. The van der Waals surface area contributed by atoms with Crippen molar-refractivity contribution in [2.45, 2.75) is 55.9 Å². The highest BCUT2D eigenvalue weighted by molar-refractivity contribution is 7.89. The number of benzene rings is 1. The lowest BCUT2D eigenvalue weighted by Gasteiger charge is -2.28. The predicted octanol–water partition coefficient (Wildman–Crippen LogP) is 2.22. The molecule has 1 saturated heterocycles. The molecule has 1 aromatic carbocycles. The van der Waals surface area contributed by atoms with Crippen molar-refractivity contribution < 1.29 is 27.1 Å². The molecule has 0 radical (unpaired) electrons. The zero-order chi connectivity index (χ0) is 20.4. The van der Waals surface area contributed by atoms with Gasteiger partial charge in [0.25, 0.3) is 5.91 Å². The third kappa shape index (κ3) is 3.91. The van der Waals surface area contributed by atoms with Gasteiger partial charge in [-0.2, -0.15) is 4.31 Å². The summed E-state index contributed by atoms with van der Waals surface area (Å²) in [5.41, 5.74) is -1.12. The van der Waals surface area contributed by atoms with Crippen molar-refractivity contribution >= 4 is 21.9 Å². The number of rotatable bonds is 6. The molecule has 7 nitrogen and oxygen atoms in total. The average molecular weight is 412 g/mol. The second kappa shape index (κ2) is 8.16. The minimum absolute atomic E-state index is 0.00487. The topological polar surface area (TPSA) is 92.8 Å². The van der Waals surface area contributed by atoms with Crippen LogP contribution in [0.15, 0.2) is 23.1 Å². The van der Waals surface area contributed by atoms with E-state index in [1.165, 1.54) is 10.4 Å². The Balaban J connectivity index is 1.87. The van der Waals surface area contributed by atoms with Crippen molar-refractivity contribution in [2.24, 2.45) is 0 Å². The molecule has 0 unspecified atom stereocenters. The Morgan fingerprint density at radius 2 is 1.82 bits per heavy atom. The van der Waals surface area contributed by atoms with Crippen LogP contribution in [0.3, 0.4) is 0 Å². The summed E-state index contributed by atoms with van der Waals surface area (Å²) in [5.74, 6) is -2.01.